The number of hydrogen-bond acceptors (Lipinski definition) is 4. The van der Waals surface area contributed by atoms with E-state index in [1.54, 1.807) is 0 Å². The van der Waals surface area contributed by atoms with Gasteiger partial charge in [-0.2, -0.15) is 0 Å². The summed E-state index contributed by atoms with van der Waals surface area (Å²) in [5.41, 5.74) is 0. The largest absolute Gasteiger partial charge is 0.432 e. The van der Waals surface area contributed by atoms with Crippen LogP contribution in [0.2, 0.25) is 0 Å². The van der Waals surface area contributed by atoms with Crippen LogP contribution in [0.5, 0.6) is 0 Å². The summed E-state index contributed by atoms with van der Waals surface area (Å²) < 4.78 is 10.2. The molecule has 2 unspecified atom stereocenters. The van der Waals surface area contributed by atoms with Gasteiger partial charge in [-0.1, -0.05) is 19.8 Å². The molecule has 0 fully saturated rings. The molecule has 84 valence electrons. The first-order valence-electron chi connectivity index (χ1n) is 5.18. The van der Waals surface area contributed by atoms with Gasteiger partial charge in [0.05, 0.1) is 0 Å². The maximum absolute atomic E-state index is 11.4. The molecule has 15 heavy (non-hydrogen) atoms. The molecule has 0 aromatic rings. The lowest BCUT2D eigenvalue weighted by molar-refractivity contribution is -0.180. The van der Waals surface area contributed by atoms with Gasteiger partial charge in [-0.25, -0.2) is 0 Å². The predicted molar refractivity (Wildman–Crippen MR) is 54.1 cm³/mol. The Hall–Kier alpha value is -1.16. The number of hydrogen-bond donors (Lipinski definition) is 0. The maximum Gasteiger partial charge on any atom is 0.305 e. The van der Waals surface area contributed by atoms with Crippen LogP contribution < -0.4 is 0 Å². The van der Waals surface area contributed by atoms with Crippen molar-refractivity contribution in [3.8, 4) is 0 Å². The first-order valence-corrected chi connectivity index (χ1v) is 5.18. The minimum atomic E-state index is -0.706. The van der Waals surface area contributed by atoms with Gasteiger partial charge in [-0.05, 0) is 18.6 Å². The molecule has 0 spiro atoms. The summed E-state index contributed by atoms with van der Waals surface area (Å²) in [7, 11) is 0. The molecule has 1 heterocycles. The summed E-state index contributed by atoms with van der Waals surface area (Å²) in [6, 6.07) is 0. The zero-order valence-corrected chi connectivity index (χ0v) is 9.06. The van der Waals surface area contributed by atoms with Crippen LogP contribution in [-0.2, 0) is 19.1 Å². The van der Waals surface area contributed by atoms with Gasteiger partial charge in [-0.15, -0.1) is 0 Å². The average Bonchev–Trinajstić information content (AvgIpc) is 2.18. The summed E-state index contributed by atoms with van der Waals surface area (Å²) in [6.45, 7) is 3.36. The normalized spacial score (nSPS) is 25.3. The van der Waals surface area contributed by atoms with Gasteiger partial charge in [0, 0.05) is 6.92 Å². The second kappa shape index (κ2) is 5.66. The molecule has 1 aliphatic heterocycles. The molecule has 0 radical (unpaired) electrons. The minimum absolute atomic E-state index is 0.0492. The van der Waals surface area contributed by atoms with Crippen LogP contribution >= 0.6 is 0 Å². The number of rotatable bonds is 4. The Morgan fingerprint density at radius 3 is 2.93 bits per heavy atom. The molecule has 0 amide bonds. The topological polar surface area (TPSA) is 52.6 Å². The average molecular weight is 212 g/mol. The monoisotopic (exact) mass is 212 g/mol. The lowest BCUT2D eigenvalue weighted by Gasteiger charge is -2.24. The van der Waals surface area contributed by atoms with Crippen molar-refractivity contribution in [1.29, 1.82) is 0 Å². The maximum atomic E-state index is 11.4. The molecule has 1 aliphatic rings. The van der Waals surface area contributed by atoms with Crippen molar-refractivity contribution in [1.82, 2.24) is 0 Å². The Morgan fingerprint density at radius 2 is 2.33 bits per heavy atom. The van der Waals surface area contributed by atoms with Crippen molar-refractivity contribution in [2.24, 2.45) is 0 Å². The number of ketones is 1. The number of carbonyl (C=O) groups is 2. The van der Waals surface area contributed by atoms with Gasteiger partial charge in [0.25, 0.3) is 0 Å². The van der Waals surface area contributed by atoms with E-state index >= 15 is 0 Å². The third kappa shape index (κ3) is 3.83. The van der Waals surface area contributed by atoms with Crippen molar-refractivity contribution in [2.75, 3.05) is 0 Å². The molecule has 4 nitrogen and oxygen atoms in total. The van der Waals surface area contributed by atoms with Gasteiger partial charge in [0.2, 0.25) is 6.29 Å². The van der Waals surface area contributed by atoms with E-state index in [0.29, 0.717) is 6.42 Å². The van der Waals surface area contributed by atoms with E-state index < -0.39 is 18.4 Å². The molecular weight excluding hydrogens is 196 g/mol. The molecule has 1 rings (SSSR count). The van der Waals surface area contributed by atoms with Crippen LogP contribution in [0.25, 0.3) is 0 Å². The summed E-state index contributed by atoms with van der Waals surface area (Å²) >= 11 is 0. The number of ether oxygens (including phenoxy) is 2. The second-order valence-electron chi connectivity index (χ2n) is 3.51. The Bertz CT molecular complexity index is 270. The molecule has 0 N–H and O–H groups in total. The summed E-state index contributed by atoms with van der Waals surface area (Å²) in [6.07, 6.45) is 4.34. The van der Waals surface area contributed by atoms with E-state index in [4.69, 9.17) is 9.47 Å². The van der Waals surface area contributed by atoms with Crippen LogP contribution in [0.4, 0.5) is 0 Å². The van der Waals surface area contributed by atoms with Crippen molar-refractivity contribution < 1.29 is 19.1 Å². The van der Waals surface area contributed by atoms with Gasteiger partial charge in [0.1, 0.15) is 6.10 Å². The third-order valence-corrected chi connectivity index (χ3v) is 2.14. The lowest BCUT2D eigenvalue weighted by Crippen LogP contribution is -2.33. The fraction of sp³-hybridized carbons (Fsp3) is 0.636. The molecule has 2 atom stereocenters. The second-order valence-corrected chi connectivity index (χ2v) is 3.51. The van der Waals surface area contributed by atoms with Crippen LogP contribution in [0.3, 0.4) is 0 Å². The number of esters is 1. The van der Waals surface area contributed by atoms with E-state index in [-0.39, 0.29) is 5.78 Å². The van der Waals surface area contributed by atoms with Crippen molar-refractivity contribution in [3.05, 3.63) is 12.2 Å². The zero-order chi connectivity index (χ0) is 11.3. The van der Waals surface area contributed by atoms with Crippen molar-refractivity contribution >= 4 is 11.8 Å². The number of unbranched alkanes of at least 4 members (excludes halogenated alkanes) is 1. The molecule has 0 saturated carbocycles. The van der Waals surface area contributed by atoms with Crippen LogP contribution in [0, 0.1) is 0 Å². The Labute approximate surface area is 89.2 Å². The van der Waals surface area contributed by atoms with E-state index in [1.807, 2.05) is 6.92 Å². The molecule has 0 aromatic carbocycles. The molecule has 0 bridgehead atoms. The van der Waals surface area contributed by atoms with Gasteiger partial charge >= 0.3 is 5.97 Å². The Morgan fingerprint density at radius 1 is 1.60 bits per heavy atom. The van der Waals surface area contributed by atoms with Crippen molar-refractivity contribution in [2.45, 2.75) is 45.5 Å². The highest BCUT2D eigenvalue weighted by molar-refractivity contribution is 5.94. The van der Waals surface area contributed by atoms with Gasteiger partial charge < -0.3 is 9.47 Å². The first kappa shape index (κ1) is 11.9. The van der Waals surface area contributed by atoms with Crippen molar-refractivity contribution in [3.63, 3.8) is 0 Å². The fourth-order valence-corrected chi connectivity index (χ4v) is 1.39. The highest BCUT2D eigenvalue weighted by Gasteiger charge is 2.25. The lowest BCUT2D eigenvalue weighted by atomic mass is 10.1. The fourth-order valence-electron chi connectivity index (χ4n) is 1.39. The third-order valence-electron chi connectivity index (χ3n) is 2.14. The highest BCUT2D eigenvalue weighted by Crippen LogP contribution is 2.15. The summed E-state index contributed by atoms with van der Waals surface area (Å²) in [5.74, 6) is -0.458. The quantitative estimate of drug-likeness (QED) is 0.664. The standard InChI is InChI=1S/C11H16O4/c1-3-4-5-10-9(13)6-7-11(15-10)14-8(2)12/h6-7,10-11H,3-5H2,1-2H3. The van der Waals surface area contributed by atoms with Crippen LogP contribution in [-0.4, -0.2) is 24.1 Å². The van der Waals surface area contributed by atoms with E-state index in [9.17, 15) is 9.59 Å². The minimum Gasteiger partial charge on any atom is -0.432 e. The summed E-state index contributed by atoms with van der Waals surface area (Å²) in [5, 5.41) is 0. The van der Waals surface area contributed by atoms with E-state index in [1.165, 1.54) is 19.1 Å². The first-order chi connectivity index (χ1) is 7.13. The predicted octanol–water partition coefficient (Wildman–Crippen LogP) is 1.59. The molecule has 4 heteroatoms. The van der Waals surface area contributed by atoms with E-state index in [0.717, 1.165) is 12.8 Å². The zero-order valence-electron chi connectivity index (χ0n) is 9.06. The van der Waals surface area contributed by atoms with Gasteiger partial charge in [0.15, 0.2) is 5.78 Å². The Balaban J connectivity index is 2.50. The smallest absolute Gasteiger partial charge is 0.305 e. The van der Waals surface area contributed by atoms with Crippen LogP contribution in [0.15, 0.2) is 12.2 Å². The molecule has 0 saturated heterocycles. The summed E-state index contributed by atoms with van der Waals surface area (Å²) in [4.78, 5) is 22.1. The molecule has 0 aliphatic carbocycles. The van der Waals surface area contributed by atoms with Gasteiger partial charge in [-0.3, -0.25) is 9.59 Å². The molecule has 0 aromatic heterocycles. The molecular formula is C11H16O4. The van der Waals surface area contributed by atoms with Crippen LogP contribution in [0.1, 0.15) is 33.1 Å². The Kier molecular flexibility index (Phi) is 4.49. The SMILES string of the molecule is CCCCC1OC(OC(C)=O)C=CC1=O. The number of carbonyl (C=O) groups excluding carboxylic acids is 2. The highest BCUT2D eigenvalue weighted by atomic mass is 16.7. The van der Waals surface area contributed by atoms with E-state index in [2.05, 4.69) is 0 Å².